The van der Waals surface area contributed by atoms with Gasteiger partial charge < -0.3 is 15.0 Å². The molecule has 2 N–H and O–H groups in total. The number of H-pyrrole nitrogens is 1. The van der Waals surface area contributed by atoms with Gasteiger partial charge in [-0.15, -0.1) is 0 Å². The van der Waals surface area contributed by atoms with Crippen LogP contribution in [0.1, 0.15) is 22.1 Å². The highest BCUT2D eigenvalue weighted by Crippen LogP contribution is 2.23. The number of methoxy groups -OCH3 is 1. The Kier molecular flexibility index (Phi) is 1.62. The molecule has 1 aliphatic heterocycles. The third-order valence-electron chi connectivity index (χ3n) is 2.01. The Labute approximate surface area is 69.9 Å². The summed E-state index contributed by atoms with van der Waals surface area (Å²) in [6, 6.07) is 1.77. The van der Waals surface area contributed by atoms with Crippen molar-refractivity contribution in [2.24, 2.45) is 0 Å². The first-order valence-corrected chi connectivity index (χ1v) is 3.80. The van der Waals surface area contributed by atoms with Crippen LogP contribution in [0.4, 0.5) is 0 Å². The molecule has 4 nitrogen and oxygen atoms in total. The quantitative estimate of drug-likeness (QED) is 0.670. The van der Waals surface area contributed by atoms with Gasteiger partial charge in [0, 0.05) is 13.3 Å². The molecule has 0 bridgehead atoms. The molecule has 0 spiro atoms. The second-order valence-corrected chi connectivity index (χ2v) is 2.79. The van der Waals surface area contributed by atoms with Crippen LogP contribution < -0.4 is 5.32 Å². The van der Waals surface area contributed by atoms with Crippen molar-refractivity contribution < 1.29 is 9.53 Å². The van der Waals surface area contributed by atoms with E-state index in [9.17, 15) is 4.79 Å². The lowest BCUT2D eigenvalue weighted by Gasteiger charge is -2.08. The second-order valence-electron chi connectivity index (χ2n) is 2.79. The molecule has 0 radical (unpaired) electrons. The van der Waals surface area contributed by atoms with E-state index in [1.807, 2.05) is 0 Å². The summed E-state index contributed by atoms with van der Waals surface area (Å²) in [7, 11) is 1.62. The Bertz CT molecular complexity index is 306. The number of carbonyl (C=O) groups excluding carboxylic acids is 1. The van der Waals surface area contributed by atoms with Crippen LogP contribution >= 0.6 is 0 Å². The summed E-state index contributed by atoms with van der Waals surface area (Å²) >= 11 is 0. The molecule has 0 saturated heterocycles. The maximum absolute atomic E-state index is 11.2. The first-order valence-electron chi connectivity index (χ1n) is 3.80. The van der Waals surface area contributed by atoms with Crippen LogP contribution in [0, 0.1) is 0 Å². The SMILES string of the molecule is COCC1NC(=O)c2cc[nH]c21. The molecule has 2 heterocycles. The zero-order chi connectivity index (χ0) is 8.55. The number of fused-ring (bicyclic) bond motifs is 1. The number of hydrogen-bond donors (Lipinski definition) is 2. The van der Waals surface area contributed by atoms with Crippen molar-refractivity contribution in [3.8, 4) is 0 Å². The average molecular weight is 166 g/mol. The van der Waals surface area contributed by atoms with Crippen molar-refractivity contribution in [2.45, 2.75) is 6.04 Å². The van der Waals surface area contributed by atoms with Crippen LogP contribution in [0.2, 0.25) is 0 Å². The highest BCUT2D eigenvalue weighted by Gasteiger charge is 2.28. The third-order valence-corrected chi connectivity index (χ3v) is 2.01. The van der Waals surface area contributed by atoms with Gasteiger partial charge in [-0.2, -0.15) is 0 Å². The molecule has 0 saturated carbocycles. The molecule has 1 unspecified atom stereocenters. The van der Waals surface area contributed by atoms with Crippen molar-refractivity contribution in [1.82, 2.24) is 10.3 Å². The van der Waals surface area contributed by atoms with Gasteiger partial charge in [-0.05, 0) is 6.07 Å². The van der Waals surface area contributed by atoms with Gasteiger partial charge in [0.15, 0.2) is 0 Å². The van der Waals surface area contributed by atoms with Crippen molar-refractivity contribution in [2.75, 3.05) is 13.7 Å². The number of aromatic amines is 1. The molecule has 4 heteroatoms. The Morgan fingerprint density at radius 1 is 1.67 bits per heavy atom. The van der Waals surface area contributed by atoms with E-state index in [2.05, 4.69) is 10.3 Å². The van der Waals surface area contributed by atoms with Crippen LogP contribution in [0.5, 0.6) is 0 Å². The topological polar surface area (TPSA) is 54.1 Å². The Morgan fingerprint density at radius 2 is 2.50 bits per heavy atom. The smallest absolute Gasteiger partial charge is 0.253 e. The lowest BCUT2D eigenvalue weighted by atomic mass is 10.2. The van der Waals surface area contributed by atoms with E-state index in [0.717, 1.165) is 11.3 Å². The minimum Gasteiger partial charge on any atom is -0.382 e. The second kappa shape index (κ2) is 2.64. The number of hydrogen-bond acceptors (Lipinski definition) is 2. The summed E-state index contributed by atoms with van der Waals surface area (Å²) in [6.45, 7) is 0.513. The minimum absolute atomic E-state index is 0.00694. The van der Waals surface area contributed by atoms with E-state index in [1.54, 1.807) is 19.4 Å². The highest BCUT2D eigenvalue weighted by atomic mass is 16.5. The highest BCUT2D eigenvalue weighted by molar-refractivity contribution is 5.98. The maximum atomic E-state index is 11.2. The molecular weight excluding hydrogens is 156 g/mol. The van der Waals surface area contributed by atoms with Gasteiger partial charge >= 0.3 is 0 Å². The van der Waals surface area contributed by atoms with Gasteiger partial charge in [-0.25, -0.2) is 0 Å². The first-order chi connectivity index (χ1) is 5.83. The Morgan fingerprint density at radius 3 is 3.25 bits per heavy atom. The summed E-state index contributed by atoms with van der Waals surface area (Å²) in [6.07, 6.45) is 1.77. The van der Waals surface area contributed by atoms with Gasteiger partial charge in [0.05, 0.1) is 23.9 Å². The summed E-state index contributed by atoms with van der Waals surface area (Å²) < 4.78 is 4.97. The molecule has 1 atom stereocenters. The molecule has 64 valence electrons. The molecular formula is C8H10N2O2. The molecule has 1 amide bonds. The van der Waals surface area contributed by atoms with Gasteiger partial charge in [0.2, 0.25) is 0 Å². The molecule has 1 aromatic heterocycles. The van der Waals surface area contributed by atoms with Crippen molar-refractivity contribution in [1.29, 1.82) is 0 Å². The predicted molar refractivity (Wildman–Crippen MR) is 42.9 cm³/mol. The number of carbonyl (C=O) groups is 1. The molecule has 2 rings (SSSR count). The molecule has 0 aromatic carbocycles. The van der Waals surface area contributed by atoms with Crippen molar-refractivity contribution in [3.63, 3.8) is 0 Å². The van der Waals surface area contributed by atoms with Gasteiger partial charge in [-0.1, -0.05) is 0 Å². The molecule has 1 aromatic rings. The number of ether oxygens (including phenoxy) is 1. The van der Waals surface area contributed by atoms with E-state index in [4.69, 9.17) is 4.74 Å². The Balaban J connectivity index is 2.29. The number of rotatable bonds is 2. The predicted octanol–water partition coefficient (Wildman–Crippen LogP) is 0.446. The van der Waals surface area contributed by atoms with E-state index in [1.165, 1.54) is 0 Å². The summed E-state index contributed by atoms with van der Waals surface area (Å²) in [4.78, 5) is 14.2. The monoisotopic (exact) mass is 166 g/mol. The zero-order valence-electron chi connectivity index (χ0n) is 6.76. The van der Waals surface area contributed by atoms with Crippen LogP contribution in [0.25, 0.3) is 0 Å². The van der Waals surface area contributed by atoms with E-state index in [-0.39, 0.29) is 11.9 Å². The van der Waals surface area contributed by atoms with Crippen molar-refractivity contribution >= 4 is 5.91 Å². The van der Waals surface area contributed by atoms with Gasteiger partial charge in [-0.3, -0.25) is 4.79 Å². The van der Waals surface area contributed by atoms with Crippen LogP contribution in [-0.4, -0.2) is 24.6 Å². The number of nitrogens with one attached hydrogen (secondary N) is 2. The Hall–Kier alpha value is -1.29. The van der Waals surface area contributed by atoms with Gasteiger partial charge in [0.25, 0.3) is 5.91 Å². The maximum Gasteiger partial charge on any atom is 0.253 e. The average Bonchev–Trinajstić information content (AvgIpc) is 2.58. The van der Waals surface area contributed by atoms with Crippen molar-refractivity contribution in [3.05, 3.63) is 23.5 Å². The lowest BCUT2D eigenvalue weighted by molar-refractivity contribution is 0.0927. The molecule has 1 aliphatic rings. The third kappa shape index (κ3) is 0.921. The van der Waals surface area contributed by atoms with E-state index < -0.39 is 0 Å². The summed E-state index contributed by atoms with van der Waals surface area (Å²) in [5.74, 6) is -0.0201. The van der Waals surface area contributed by atoms with E-state index in [0.29, 0.717) is 6.61 Å². The normalized spacial score (nSPS) is 20.8. The van der Waals surface area contributed by atoms with E-state index >= 15 is 0 Å². The fourth-order valence-electron chi connectivity index (χ4n) is 1.47. The van der Waals surface area contributed by atoms with Crippen LogP contribution in [0.3, 0.4) is 0 Å². The summed E-state index contributed by atoms with van der Waals surface area (Å²) in [5, 5.41) is 2.81. The number of amides is 1. The zero-order valence-corrected chi connectivity index (χ0v) is 6.76. The number of aromatic nitrogens is 1. The molecule has 12 heavy (non-hydrogen) atoms. The van der Waals surface area contributed by atoms with Crippen LogP contribution in [-0.2, 0) is 4.74 Å². The summed E-state index contributed by atoms with van der Waals surface area (Å²) in [5.41, 5.74) is 1.67. The molecule has 0 fully saturated rings. The standard InChI is InChI=1S/C8H10N2O2/c1-12-4-6-7-5(2-3-9-7)8(11)10-6/h2-3,6,9H,4H2,1H3,(H,10,11). The fraction of sp³-hybridized carbons (Fsp3) is 0.375. The van der Waals surface area contributed by atoms with Gasteiger partial charge in [0.1, 0.15) is 0 Å². The van der Waals surface area contributed by atoms with Crippen LogP contribution in [0.15, 0.2) is 12.3 Å². The first kappa shape index (κ1) is 7.36. The lowest BCUT2D eigenvalue weighted by Crippen LogP contribution is -2.22. The molecule has 0 aliphatic carbocycles. The fourth-order valence-corrected chi connectivity index (χ4v) is 1.47. The minimum atomic E-state index is -0.0201. The largest absolute Gasteiger partial charge is 0.382 e.